The summed E-state index contributed by atoms with van der Waals surface area (Å²) in [5.41, 5.74) is 1.84. The molecule has 6 heteroatoms. The Hall–Kier alpha value is -1.37. The lowest BCUT2D eigenvalue weighted by molar-refractivity contribution is 0.0920. The van der Waals surface area contributed by atoms with E-state index in [2.05, 4.69) is 27.9 Å². The van der Waals surface area contributed by atoms with Gasteiger partial charge in [0.25, 0.3) is 5.91 Å². The van der Waals surface area contributed by atoms with Crippen molar-refractivity contribution < 1.29 is 4.79 Å². The summed E-state index contributed by atoms with van der Waals surface area (Å²) in [5.74, 6) is 0.878. The molecule has 2 N–H and O–H groups in total. The molecule has 2 heterocycles. The Bertz CT molecular complexity index is 684. The van der Waals surface area contributed by atoms with Gasteiger partial charge in [0.2, 0.25) is 0 Å². The van der Waals surface area contributed by atoms with E-state index in [9.17, 15) is 4.79 Å². The Morgan fingerprint density at radius 2 is 2.21 bits per heavy atom. The zero-order valence-electron chi connectivity index (χ0n) is 14.0. The van der Waals surface area contributed by atoms with Gasteiger partial charge in [-0.2, -0.15) is 0 Å². The Labute approximate surface area is 151 Å². The van der Waals surface area contributed by atoms with Gasteiger partial charge < -0.3 is 10.6 Å². The van der Waals surface area contributed by atoms with E-state index < -0.39 is 0 Å². The van der Waals surface area contributed by atoms with Crippen molar-refractivity contribution in [2.45, 2.75) is 49.4 Å². The molecular weight excluding hydrogens is 338 g/mol. The average Bonchev–Trinajstić information content (AvgIpc) is 3.01. The van der Waals surface area contributed by atoms with E-state index in [1.54, 1.807) is 23.1 Å². The third kappa shape index (κ3) is 4.59. The zero-order chi connectivity index (χ0) is 16.9. The van der Waals surface area contributed by atoms with Gasteiger partial charge in [-0.3, -0.25) is 4.79 Å². The quantitative estimate of drug-likeness (QED) is 0.799. The maximum Gasteiger partial charge on any atom is 0.251 e. The van der Waals surface area contributed by atoms with E-state index in [0.717, 1.165) is 46.3 Å². The molecule has 2 aromatic rings. The highest BCUT2D eigenvalue weighted by molar-refractivity contribution is 7.98. The Morgan fingerprint density at radius 1 is 1.42 bits per heavy atom. The zero-order valence-corrected chi connectivity index (χ0v) is 15.7. The molecule has 1 amide bonds. The van der Waals surface area contributed by atoms with Gasteiger partial charge >= 0.3 is 0 Å². The first kappa shape index (κ1) is 17.5. The lowest BCUT2D eigenvalue weighted by atomic mass is 9.99. The Morgan fingerprint density at radius 3 is 2.88 bits per heavy atom. The van der Waals surface area contributed by atoms with Gasteiger partial charge in [0.05, 0.1) is 10.7 Å². The molecule has 0 spiro atoms. The van der Waals surface area contributed by atoms with Crippen LogP contribution in [0.15, 0.2) is 34.5 Å². The summed E-state index contributed by atoms with van der Waals surface area (Å²) in [5, 5.41) is 9.76. The first-order valence-electron chi connectivity index (χ1n) is 8.30. The minimum Gasteiger partial charge on any atom is -0.348 e. The number of hydrogen-bond acceptors (Lipinski definition) is 5. The van der Waals surface area contributed by atoms with E-state index in [0.29, 0.717) is 6.04 Å². The monoisotopic (exact) mass is 361 g/mol. The number of hydrogen-bond donors (Lipinski definition) is 2. The van der Waals surface area contributed by atoms with Crippen molar-refractivity contribution in [1.82, 2.24) is 15.6 Å². The van der Waals surface area contributed by atoms with Gasteiger partial charge in [-0.1, -0.05) is 0 Å². The molecule has 0 bridgehead atoms. The maximum absolute atomic E-state index is 12.4. The van der Waals surface area contributed by atoms with Gasteiger partial charge in [0.15, 0.2) is 0 Å². The summed E-state index contributed by atoms with van der Waals surface area (Å²) in [6, 6.07) is 8.39. The number of piperidine rings is 1. The number of amides is 1. The number of thioether (sulfide) groups is 1. The third-order valence-corrected chi connectivity index (χ3v) is 6.12. The second-order valence-corrected chi connectivity index (χ2v) is 8.25. The van der Waals surface area contributed by atoms with Gasteiger partial charge in [-0.25, -0.2) is 4.98 Å². The third-order valence-electron chi connectivity index (χ3n) is 4.25. The van der Waals surface area contributed by atoms with Crippen LogP contribution in [0.3, 0.4) is 0 Å². The second kappa shape index (κ2) is 8.14. The number of rotatable bonds is 5. The van der Waals surface area contributed by atoms with Crippen LogP contribution in [-0.2, 0) is 5.75 Å². The van der Waals surface area contributed by atoms with Crippen molar-refractivity contribution in [3.63, 3.8) is 0 Å². The van der Waals surface area contributed by atoms with Crippen molar-refractivity contribution in [2.24, 2.45) is 0 Å². The van der Waals surface area contributed by atoms with Crippen LogP contribution in [0.2, 0.25) is 0 Å². The highest BCUT2D eigenvalue weighted by atomic mass is 32.2. The molecule has 1 fully saturated rings. The SMILES string of the molecule is Cc1nc(CSc2ccc(C(=O)NC3CCCNC3C)cc2)cs1. The number of nitrogens with one attached hydrogen (secondary N) is 2. The molecule has 128 valence electrons. The molecule has 1 aromatic heterocycles. The van der Waals surface area contributed by atoms with E-state index in [1.807, 2.05) is 31.2 Å². The van der Waals surface area contributed by atoms with Crippen molar-refractivity contribution >= 4 is 29.0 Å². The van der Waals surface area contributed by atoms with E-state index >= 15 is 0 Å². The fourth-order valence-corrected chi connectivity index (χ4v) is 4.34. The predicted octanol–water partition coefficient (Wildman–Crippen LogP) is 3.61. The van der Waals surface area contributed by atoms with Crippen LogP contribution in [0.4, 0.5) is 0 Å². The number of nitrogens with zero attached hydrogens (tertiary/aromatic N) is 1. The maximum atomic E-state index is 12.4. The first-order valence-corrected chi connectivity index (χ1v) is 10.2. The minimum absolute atomic E-state index is 0.0160. The molecule has 3 rings (SSSR count). The number of thiazole rings is 1. The lowest BCUT2D eigenvalue weighted by Gasteiger charge is -2.30. The largest absolute Gasteiger partial charge is 0.348 e. The van der Waals surface area contributed by atoms with Crippen LogP contribution in [0.5, 0.6) is 0 Å². The van der Waals surface area contributed by atoms with Crippen LogP contribution in [0.1, 0.15) is 40.8 Å². The molecular formula is C18H23N3OS2. The normalized spacial score (nSPS) is 20.8. The standard InChI is InChI=1S/C18H23N3OS2/c1-12-17(4-3-9-19-12)21-18(22)14-5-7-16(8-6-14)24-11-15-10-23-13(2)20-15/h5-8,10,12,17,19H,3-4,9,11H2,1-2H3,(H,21,22). The van der Waals surface area contributed by atoms with Crippen LogP contribution in [0.25, 0.3) is 0 Å². The number of aromatic nitrogens is 1. The fourth-order valence-electron chi connectivity index (χ4n) is 2.83. The molecule has 4 nitrogen and oxygen atoms in total. The number of benzene rings is 1. The van der Waals surface area contributed by atoms with Gasteiger partial charge in [-0.15, -0.1) is 23.1 Å². The summed E-state index contributed by atoms with van der Waals surface area (Å²) >= 11 is 3.43. The molecule has 0 aliphatic carbocycles. The van der Waals surface area contributed by atoms with Crippen LogP contribution in [-0.4, -0.2) is 29.5 Å². The van der Waals surface area contributed by atoms with E-state index in [4.69, 9.17) is 0 Å². The van der Waals surface area contributed by atoms with E-state index in [-0.39, 0.29) is 11.9 Å². The highest BCUT2D eigenvalue weighted by Crippen LogP contribution is 2.24. The number of aryl methyl sites for hydroxylation is 1. The summed E-state index contributed by atoms with van der Waals surface area (Å²) in [7, 11) is 0. The van der Waals surface area contributed by atoms with Crippen molar-refractivity contribution in [3.05, 3.63) is 45.9 Å². The molecule has 0 saturated carbocycles. The van der Waals surface area contributed by atoms with Gasteiger partial charge in [0.1, 0.15) is 0 Å². The van der Waals surface area contributed by atoms with Crippen LogP contribution in [0, 0.1) is 6.92 Å². The second-order valence-electron chi connectivity index (χ2n) is 6.14. The van der Waals surface area contributed by atoms with Crippen LogP contribution < -0.4 is 10.6 Å². The molecule has 0 radical (unpaired) electrons. The number of carbonyl (C=O) groups is 1. The summed E-state index contributed by atoms with van der Waals surface area (Å²) < 4.78 is 0. The molecule has 2 unspecified atom stereocenters. The minimum atomic E-state index is 0.0160. The van der Waals surface area contributed by atoms with Gasteiger partial charge in [-0.05, 0) is 57.5 Å². The predicted molar refractivity (Wildman–Crippen MR) is 101 cm³/mol. The highest BCUT2D eigenvalue weighted by Gasteiger charge is 2.22. The summed E-state index contributed by atoms with van der Waals surface area (Å²) in [4.78, 5) is 18.0. The smallest absolute Gasteiger partial charge is 0.251 e. The van der Waals surface area contributed by atoms with Crippen molar-refractivity contribution in [1.29, 1.82) is 0 Å². The molecule has 1 aliphatic rings. The lowest BCUT2D eigenvalue weighted by Crippen LogP contribution is -2.51. The molecule has 1 aliphatic heterocycles. The molecule has 1 saturated heterocycles. The van der Waals surface area contributed by atoms with E-state index in [1.165, 1.54) is 0 Å². The topological polar surface area (TPSA) is 54.0 Å². The van der Waals surface area contributed by atoms with Gasteiger partial charge in [0, 0.05) is 33.7 Å². The van der Waals surface area contributed by atoms with Crippen LogP contribution >= 0.6 is 23.1 Å². The van der Waals surface area contributed by atoms with Crippen molar-refractivity contribution in [2.75, 3.05) is 6.54 Å². The molecule has 24 heavy (non-hydrogen) atoms. The fraction of sp³-hybridized carbons (Fsp3) is 0.444. The Kier molecular flexibility index (Phi) is 5.92. The Balaban J connectivity index is 1.54. The number of carbonyl (C=O) groups excluding carboxylic acids is 1. The average molecular weight is 362 g/mol. The first-order chi connectivity index (χ1) is 11.6. The molecule has 2 atom stereocenters. The van der Waals surface area contributed by atoms with Crippen molar-refractivity contribution in [3.8, 4) is 0 Å². The summed E-state index contributed by atoms with van der Waals surface area (Å²) in [6.07, 6.45) is 2.15. The molecule has 1 aromatic carbocycles. The summed E-state index contributed by atoms with van der Waals surface area (Å²) in [6.45, 7) is 5.19.